The first-order chi connectivity index (χ1) is 14.6. The van der Waals surface area contributed by atoms with E-state index >= 15 is 0 Å². The molecule has 0 spiro atoms. The molecule has 0 aliphatic carbocycles. The number of anilines is 1. The van der Waals surface area contributed by atoms with Crippen LogP contribution in [0.2, 0.25) is 0 Å². The highest BCUT2D eigenvalue weighted by molar-refractivity contribution is 6.06. The van der Waals surface area contributed by atoms with Crippen molar-refractivity contribution >= 4 is 28.5 Å². The second-order valence-electron chi connectivity index (χ2n) is 6.89. The molecule has 0 fully saturated rings. The van der Waals surface area contributed by atoms with Gasteiger partial charge >= 0.3 is 5.97 Å². The van der Waals surface area contributed by atoms with Gasteiger partial charge in [0.15, 0.2) is 6.61 Å². The van der Waals surface area contributed by atoms with Crippen molar-refractivity contribution in [1.82, 2.24) is 4.98 Å². The maximum atomic E-state index is 13.0. The van der Waals surface area contributed by atoms with Gasteiger partial charge in [-0.15, -0.1) is 0 Å². The average Bonchev–Trinajstić information content (AvgIpc) is 2.77. The van der Waals surface area contributed by atoms with Gasteiger partial charge in [0.05, 0.1) is 18.2 Å². The lowest BCUT2D eigenvalue weighted by atomic mass is 9.96. The number of para-hydroxylation sites is 1. The number of aryl methyl sites for hydroxylation is 1. The highest BCUT2D eigenvalue weighted by atomic mass is 16.5. The normalized spacial score (nSPS) is 10.6. The van der Waals surface area contributed by atoms with E-state index in [9.17, 15) is 9.59 Å². The Morgan fingerprint density at radius 2 is 1.77 bits per heavy atom. The minimum Gasteiger partial charge on any atom is -0.497 e. The quantitative estimate of drug-likeness (QED) is 0.555. The Kier molecular flexibility index (Phi) is 7.01. The van der Waals surface area contributed by atoms with Crippen molar-refractivity contribution in [2.24, 2.45) is 0 Å². The molecule has 0 saturated heterocycles. The summed E-state index contributed by atoms with van der Waals surface area (Å²) in [4.78, 5) is 30.0. The number of hydrogen-bond donors (Lipinski definition) is 1. The number of nitrogens with zero attached hydrogens (tertiary/aromatic N) is 1. The predicted octanol–water partition coefficient (Wildman–Crippen LogP) is 4.55. The third kappa shape index (κ3) is 4.76. The molecule has 0 unspecified atom stereocenters. The summed E-state index contributed by atoms with van der Waals surface area (Å²) in [5.74, 6) is -0.217. The van der Waals surface area contributed by atoms with E-state index in [4.69, 9.17) is 14.5 Å². The molecule has 0 bridgehead atoms. The van der Waals surface area contributed by atoms with Crippen molar-refractivity contribution in [1.29, 1.82) is 0 Å². The van der Waals surface area contributed by atoms with Gasteiger partial charge in [-0.05, 0) is 48.7 Å². The van der Waals surface area contributed by atoms with E-state index in [1.54, 1.807) is 31.4 Å². The molecule has 3 aromatic rings. The van der Waals surface area contributed by atoms with E-state index in [-0.39, 0.29) is 6.61 Å². The van der Waals surface area contributed by atoms with Gasteiger partial charge in [0, 0.05) is 16.8 Å². The molecule has 6 nitrogen and oxygen atoms in total. The van der Waals surface area contributed by atoms with E-state index in [2.05, 4.69) is 12.2 Å². The van der Waals surface area contributed by atoms with Crippen molar-refractivity contribution in [2.45, 2.75) is 33.1 Å². The van der Waals surface area contributed by atoms with Crippen LogP contribution in [0.15, 0.2) is 48.5 Å². The van der Waals surface area contributed by atoms with E-state index < -0.39 is 11.9 Å². The number of carbonyl (C=O) groups is 2. The number of benzene rings is 2. The number of nitrogens with one attached hydrogen (secondary N) is 1. The van der Waals surface area contributed by atoms with Crippen molar-refractivity contribution in [3.05, 3.63) is 65.4 Å². The minimum absolute atomic E-state index is 0.367. The molecule has 0 atom stereocenters. The highest BCUT2D eigenvalue weighted by Crippen LogP contribution is 2.26. The zero-order chi connectivity index (χ0) is 21.5. The number of aromatic nitrogens is 1. The number of amides is 1. The number of esters is 1. The second-order valence-corrected chi connectivity index (χ2v) is 6.89. The van der Waals surface area contributed by atoms with Crippen molar-refractivity contribution in [3.63, 3.8) is 0 Å². The Labute approximate surface area is 176 Å². The number of ether oxygens (including phenoxy) is 2. The van der Waals surface area contributed by atoms with Crippen LogP contribution in [-0.2, 0) is 22.4 Å². The zero-order valence-corrected chi connectivity index (χ0v) is 17.5. The molecular formula is C24H26N2O4. The number of hydrogen-bond acceptors (Lipinski definition) is 5. The standard InChI is InChI=1S/C24H26N2O4/c1-4-8-20-18(5-2)23(19-9-6-7-10-21(19)26-20)24(28)30-15-22(27)25-16-11-13-17(29-3)14-12-16/h6-7,9-14H,4-5,8,15H2,1-3H3,(H,25,27). The number of methoxy groups -OCH3 is 1. The molecule has 156 valence electrons. The van der Waals surface area contributed by atoms with Crippen LogP contribution in [0.4, 0.5) is 5.69 Å². The molecule has 1 aromatic heterocycles. The van der Waals surface area contributed by atoms with E-state index in [1.807, 2.05) is 31.2 Å². The summed E-state index contributed by atoms with van der Waals surface area (Å²) in [5, 5.41) is 3.46. The monoisotopic (exact) mass is 406 g/mol. The van der Waals surface area contributed by atoms with Gasteiger partial charge in [0.1, 0.15) is 5.75 Å². The van der Waals surface area contributed by atoms with Gasteiger partial charge in [-0.3, -0.25) is 9.78 Å². The third-order valence-electron chi connectivity index (χ3n) is 4.83. The lowest BCUT2D eigenvalue weighted by molar-refractivity contribution is -0.119. The third-order valence-corrected chi connectivity index (χ3v) is 4.83. The largest absolute Gasteiger partial charge is 0.497 e. The summed E-state index contributed by atoms with van der Waals surface area (Å²) >= 11 is 0. The van der Waals surface area contributed by atoms with Crippen LogP contribution in [-0.4, -0.2) is 30.6 Å². The van der Waals surface area contributed by atoms with Gasteiger partial charge in [0.25, 0.3) is 5.91 Å². The molecule has 6 heteroatoms. The molecule has 30 heavy (non-hydrogen) atoms. The fourth-order valence-electron chi connectivity index (χ4n) is 3.43. The summed E-state index contributed by atoms with van der Waals surface area (Å²) in [6.45, 7) is 3.71. The van der Waals surface area contributed by atoms with Crippen molar-refractivity contribution < 1.29 is 19.1 Å². The van der Waals surface area contributed by atoms with Gasteiger partial charge in [-0.25, -0.2) is 4.79 Å². The summed E-state index contributed by atoms with van der Waals surface area (Å²) in [5.41, 5.74) is 3.66. The summed E-state index contributed by atoms with van der Waals surface area (Å²) in [6, 6.07) is 14.5. The van der Waals surface area contributed by atoms with E-state index in [0.29, 0.717) is 23.4 Å². The Balaban J connectivity index is 1.79. The molecule has 2 aromatic carbocycles. The van der Waals surface area contributed by atoms with Crippen LogP contribution < -0.4 is 10.1 Å². The van der Waals surface area contributed by atoms with Crippen molar-refractivity contribution in [3.8, 4) is 5.75 Å². The Hall–Kier alpha value is -3.41. The average molecular weight is 406 g/mol. The molecule has 0 aliphatic heterocycles. The minimum atomic E-state index is -0.507. The predicted molar refractivity (Wildman–Crippen MR) is 117 cm³/mol. The number of rotatable bonds is 8. The first-order valence-corrected chi connectivity index (χ1v) is 10.1. The maximum absolute atomic E-state index is 13.0. The SMILES string of the molecule is CCCc1nc2ccccc2c(C(=O)OCC(=O)Nc2ccc(OC)cc2)c1CC. The van der Waals surface area contributed by atoms with Crippen LogP contribution in [0.3, 0.4) is 0 Å². The fourth-order valence-corrected chi connectivity index (χ4v) is 3.43. The van der Waals surface area contributed by atoms with Gasteiger partial charge in [-0.1, -0.05) is 38.5 Å². The van der Waals surface area contributed by atoms with Crippen LogP contribution >= 0.6 is 0 Å². The lowest BCUT2D eigenvalue weighted by Gasteiger charge is -2.15. The Bertz CT molecular complexity index is 1050. The molecule has 0 radical (unpaired) electrons. The van der Waals surface area contributed by atoms with Crippen LogP contribution in [0.1, 0.15) is 41.9 Å². The molecular weight excluding hydrogens is 380 g/mol. The van der Waals surface area contributed by atoms with E-state index in [0.717, 1.165) is 35.0 Å². The van der Waals surface area contributed by atoms with Gasteiger partial charge < -0.3 is 14.8 Å². The topological polar surface area (TPSA) is 77.5 Å². The molecule has 1 N–H and O–H groups in total. The van der Waals surface area contributed by atoms with E-state index in [1.165, 1.54) is 0 Å². The number of pyridine rings is 1. The van der Waals surface area contributed by atoms with Crippen molar-refractivity contribution in [2.75, 3.05) is 19.0 Å². The number of carbonyl (C=O) groups excluding carboxylic acids is 2. The fraction of sp³-hybridized carbons (Fsp3) is 0.292. The van der Waals surface area contributed by atoms with Crippen LogP contribution in [0.25, 0.3) is 10.9 Å². The smallest absolute Gasteiger partial charge is 0.339 e. The summed E-state index contributed by atoms with van der Waals surface area (Å²) in [6.07, 6.45) is 2.37. The van der Waals surface area contributed by atoms with Crippen LogP contribution in [0, 0.1) is 0 Å². The first kappa shape index (κ1) is 21.3. The molecule has 1 heterocycles. The van der Waals surface area contributed by atoms with Crippen LogP contribution in [0.5, 0.6) is 5.75 Å². The lowest BCUT2D eigenvalue weighted by Crippen LogP contribution is -2.22. The molecule has 3 rings (SSSR count). The second kappa shape index (κ2) is 9.87. The van der Waals surface area contributed by atoms with Gasteiger partial charge in [-0.2, -0.15) is 0 Å². The summed E-state index contributed by atoms with van der Waals surface area (Å²) in [7, 11) is 1.58. The molecule has 0 aliphatic rings. The summed E-state index contributed by atoms with van der Waals surface area (Å²) < 4.78 is 10.5. The Morgan fingerprint density at radius 1 is 1.03 bits per heavy atom. The molecule has 1 amide bonds. The van der Waals surface area contributed by atoms with Gasteiger partial charge in [0.2, 0.25) is 0 Å². The highest BCUT2D eigenvalue weighted by Gasteiger charge is 2.21. The maximum Gasteiger partial charge on any atom is 0.339 e. The molecule has 0 saturated carbocycles. The Morgan fingerprint density at radius 3 is 2.43 bits per heavy atom. The number of fused-ring (bicyclic) bond motifs is 1. The zero-order valence-electron chi connectivity index (χ0n) is 17.5. The first-order valence-electron chi connectivity index (χ1n) is 10.1.